The van der Waals surface area contributed by atoms with E-state index < -0.39 is 0 Å². The summed E-state index contributed by atoms with van der Waals surface area (Å²) in [5.74, 6) is 1.63. The second-order valence-corrected chi connectivity index (χ2v) is 4.79. The summed E-state index contributed by atoms with van der Waals surface area (Å²) in [6.45, 7) is 3.12. The Morgan fingerprint density at radius 3 is 2.83 bits per heavy atom. The van der Waals surface area contributed by atoms with Crippen LogP contribution in [0.25, 0.3) is 0 Å². The van der Waals surface area contributed by atoms with Crippen molar-refractivity contribution < 1.29 is 9.53 Å². The highest BCUT2D eigenvalue weighted by molar-refractivity contribution is 5.80. The van der Waals surface area contributed by atoms with E-state index in [4.69, 9.17) is 4.74 Å². The van der Waals surface area contributed by atoms with Crippen molar-refractivity contribution in [3.05, 3.63) is 23.8 Å². The summed E-state index contributed by atoms with van der Waals surface area (Å²) in [6, 6.07) is 5.80. The van der Waals surface area contributed by atoms with Gasteiger partial charge in [-0.25, -0.2) is 0 Å². The molecule has 18 heavy (non-hydrogen) atoms. The van der Waals surface area contributed by atoms with Crippen LogP contribution in [-0.4, -0.2) is 26.1 Å². The van der Waals surface area contributed by atoms with Gasteiger partial charge in [-0.05, 0) is 49.4 Å². The number of ether oxygens (including phenoxy) is 1. The van der Waals surface area contributed by atoms with E-state index in [-0.39, 0.29) is 5.91 Å². The largest absolute Gasteiger partial charge is 0.496 e. The maximum Gasteiger partial charge on any atom is 0.239 e. The topological polar surface area (TPSA) is 50.4 Å². The normalized spacial score (nSPS) is 14.1. The zero-order valence-corrected chi connectivity index (χ0v) is 11.0. The lowest BCUT2D eigenvalue weighted by Crippen LogP contribution is -2.31. The minimum atomic E-state index is 0.0513. The smallest absolute Gasteiger partial charge is 0.239 e. The number of methoxy groups -OCH3 is 1. The monoisotopic (exact) mass is 248 g/mol. The molecule has 0 atom stereocenters. The number of hydrogen-bond donors (Lipinski definition) is 2. The number of nitrogens with one attached hydrogen (secondary N) is 2. The van der Waals surface area contributed by atoms with Crippen LogP contribution < -0.4 is 15.4 Å². The van der Waals surface area contributed by atoms with Crippen LogP contribution in [0.3, 0.4) is 0 Å². The van der Waals surface area contributed by atoms with Gasteiger partial charge >= 0.3 is 0 Å². The van der Waals surface area contributed by atoms with E-state index in [9.17, 15) is 4.79 Å². The van der Waals surface area contributed by atoms with Gasteiger partial charge in [0.1, 0.15) is 5.75 Å². The summed E-state index contributed by atoms with van der Waals surface area (Å²) in [5.41, 5.74) is 2.00. The predicted molar refractivity (Wildman–Crippen MR) is 72.0 cm³/mol. The van der Waals surface area contributed by atoms with Gasteiger partial charge in [0.15, 0.2) is 0 Å². The zero-order chi connectivity index (χ0) is 13.0. The quantitative estimate of drug-likeness (QED) is 0.809. The van der Waals surface area contributed by atoms with Crippen molar-refractivity contribution in [2.24, 2.45) is 5.92 Å². The highest BCUT2D eigenvalue weighted by Gasteiger charge is 2.21. The van der Waals surface area contributed by atoms with E-state index in [2.05, 4.69) is 10.6 Å². The maximum atomic E-state index is 11.6. The molecule has 0 radical (unpaired) electrons. The van der Waals surface area contributed by atoms with Gasteiger partial charge in [0.05, 0.1) is 13.7 Å². The summed E-state index contributed by atoms with van der Waals surface area (Å²) >= 11 is 0. The molecule has 1 amide bonds. The minimum Gasteiger partial charge on any atom is -0.496 e. The van der Waals surface area contributed by atoms with Gasteiger partial charge in [-0.3, -0.25) is 4.79 Å². The lowest BCUT2D eigenvalue weighted by Gasteiger charge is -2.10. The molecule has 1 aliphatic carbocycles. The molecule has 0 bridgehead atoms. The van der Waals surface area contributed by atoms with Crippen molar-refractivity contribution in [1.29, 1.82) is 0 Å². The van der Waals surface area contributed by atoms with Crippen molar-refractivity contribution in [3.8, 4) is 5.75 Å². The minimum absolute atomic E-state index is 0.0513. The first-order valence-electron chi connectivity index (χ1n) is 6.34. The van der Waals surface area contributed by atoms with E-state index in [1.807, 2.05) is 25.1 Å². The van der Waals surface area contributed by atoms with Gasteiger partial charge in [-0.2, -0.15) is 0 Å². The molecule has 0 spiro atoms. The van der Waals surface area contributed by atoms with Crippen molar-refractivity contribution >= 4 is 11.6 Å². The molecule has 98 valence electrons. The van der Waals surface area contributed by atoms with Gasteiger partial charge in [-0.1, -0.05) is 0 Å². The van der Waals surface area contributed by atoms with Crippen molar-refractivity contribution in [2.45, 2.75) is 19.8 Å². The average Bonchev–Trinajstić information content (AvgIpc) is 3.18. The fourth-order valence-corrected chi connectivity index (χ4v) is 1.81. The van der Waals surface area contributed by atoms with Crippen molar-refractivity contribution in [2.75, 3.05) is 25.5 Å². The molecule has 1 aromatic carbocycles. The fourth-order valence-electron chi connectivity index (χ4n) is 1.81. The van der Waals surface area contributed by atoms with Crippen LogP contribution in [-0.2, 0) is 4.79 Å². The van der Waals surface area contributed by atoms with Crippen molar-refractivity contribution in [1.82, 2.24) is 5.32 Å². The van der Waals surface area contributed by atoms with E-state index >= 15 is 0 Å². The third-order valence-electron chi connectivity index (χ3n) is 3.13. The van der Waals surface area contributed by atoms with E-state index in [1.165, 1.54) is 12.8 Å². The molecule has 0 aromatic heterocycles. The molecule has 4 heteroatoms. The van der Waals surface area contributed by atoms with Crippen LogP contribution in [0.5, 0.6) is 5.75 Å². The molecule has 0 unspecified atom stereocenters. The zero-order valence-electron chi connectivity index (χ0n) is 11.0. The van der Waals surface area contributed by atoms with E-state index in [1.54, 1.807) is 7.11 Å². The highest BCUT2D eigenvalue weighted by atomic mass is 16.5. The predicted octanol–water partition coefficient (Wildman–Crippen LogP) is 1.94. The Labute approximate surface area is 108 Å². The molecule has 2 N–H and O–H groups in total. The number of rotatable bonds is 6. The summed E-state index contributed by atoms with van der Waals surface area (Å²) in [7, 11) is 1.65. The Hall–Kier alpha value is -1.71. The Morgan fingerprint density at radius 2 is 2.22 bits per heavy atom. The molecular weight excluding hydrogens is 228 g/mol. The van der Waals surface area contributed by atoms with Gasteiger partial charge in [0.2, 0.25) is 5.91 Å². The summed E-state index contributed by atoms with van der Waals surface area (Å²) in [4.78, 5) is 11.6. The van der Waals surface area contributed by atoms with Gasteiger partial charge in [-0.15, -0.1) is 0 Å². The fraction of sp³-hybridized carbons (Fsp3) is 0.500. The van der Waals surface area contributed by atoms with Crippen LogP contribution in [0.2, 0.25) is 0 Å². The summed E-state index contributed by atoms with van der Waals surface area (Å²) in [6.07, 6.45) is 2.51. The van der Waals surface area contributed by atoms with Crippen LogP contribution in [0.1, 0.15) is 18.4 Å². The van der Waals surface area contributed by atoms with Crippen LogP contribution in [0, 0.1) is 12.8 Å². The van der Waals surface area contributed by atoms with Crippen LogP contribution in [0.4, 0.5) is 5.69 Å². The van der Waals surface area contributed by atoms with E-state index in [0.29, 0.717) is 6.54 Å². The first kappa shape index (κ1) is 12.7. The molecule has 1 saturated carbocycles. The Morgan fingerprint density at radius 1 is 1.44 bits per heavy atom. The second-order valence-electron chi connectivity index (χ2n) is 4.79. The Kier molecular flexibility index (Phi) is 4.07. The molecule has 0 heterocycles. The number of anilines is 1. The number of carbonyl (C=O) groups is 1. The van der Waals surface area contributed by atoms with Crippen molar-refractivity contribution in [3.63, 3.8) is 0 Å². The standard InChI is InChI=1S/C14H20N2O2/c1-10-7-12(5-6-13(10)18-2)15-9-14(17)16-8-11-3-4-11/h5-7,11,15H,3-4,8-9H2,1-2H3,(H,16,17). The molecule has 4 nitrogen and oxygen atoms in total. The molecule has 0 aliphatic heterocycles. The van der Waals surface area contributed by atoms with Gasteiger partial charge in [0.25, 0.3) is 0 Å². The Bertz CT molecular complexity index is 428. The highest BCUT2D eigenvalue weighted by Crippen LogP contribution is 2.27. The van der Waals surface area contributed by atoms with Crippen LogP contribution >= 0.6 is 0 Å². The van der Waals surface area contributed by atoms with Gasteiger partial charge < -0.3 is 15.4 Å². The molecular formula is C14H20N2O2. The number of amides is 1. The lowest BCUT2D eigenvalue weighted by atomic mass is 10.2. The lowest BCUT2D eigenvalue weighted by molar-refractivity contribution is -0.119. The first-order valence-corrected chi connectivity index (χ1v) is 6.34. The number of aryl methyl sites for hydroxylation is 1. The molecule has 1 aromatic rings. The second kappa shape index (κ2) is 5.76. The molecule has 2 rings (SSSR count). The molecule has 1 fully saturated rings. The van der Waals surface area contributed by atoms with Crippen LogP contribution in [0.15, 0.2) is 18.2 Å². The molecule has 0 saturated heterocycles. The third-order valence-corrected chi connectivity index (χ3v) is 3.13. The summed E-state index contributed by atoms with van der Waals surface area (Å²) in [5, 5.41) is 6.04. The average molecular weight is 248 g/mol. The Balaban J connectivity index is 1.77. The summed E-state index contributed by atoms with van der Waals surface area (Å²) < 4.78 is 5.19. The third kappa shape index (κ3) is 3.65. The maximum absolute atomic E-state index is 11.6. The van der Waals surface area contributed by atoms with E-state index in [0.717, 1.165) is 29.5 Å². The van der Waals surface area contributed by atoms with Gasteiger partial charge in [0, 0.05) is 12.2 Å². The first-order chi connectivity index (χ1) is 8.69. The number of carbonyl (C=O) groups excluding carboxylic acids is 1. The number of hydrogen-bond acceptors (Lipinski definition) is 3. The number of benzene rings is 1. The SMILES string of the molecule is COc1ccc(NCC(=O)NCC2CC2)cc1C. The molecule has 1 aliphatic rings.